The molecule has 1 aromatic carbocycles. The monoisotopic (exact) mass is 472 g/mol. The molecule has 2 unspecified atom stereocenters. The molecule has 7 rings (SSSR count). The van der Waals surface area contributed by atoms with Gasteiger partial charge < -0.3 is 24.4 Å². The minimum atomic E-state index is -0.621. The summed E-state index contributed by atoms with van der Waals surface area (Å²) in [7, 11) is 0. The number of benzene rings is 1. The van der Waals surface area contributed by atoms with Crippen LogP contribution >= 0.6 is 0 Å². The molecule has 2 atom stereocenters. The molecule has 2 saturated heterocycles. The maximum Gasteiger partial charge on any atom is 0.246 e. The average Bonchev–Trinajstić information content (AvgIpc) is 3.63. The van der Waals surface area contributed by atoms with E-state index in [-0.39, 0.29) is 48.9 Å². The van der Waals surface area contributed by atoms with Gasteiger partial charge in [-0.15, -0.1) is 0 Å². The van der Waals surface area contributed by atoms with Gasteiger partial charge in [-0.3, -0.25) is 9.59 Å². The van der Waals surface area contributed by atoms with Gasteiger partial charge in [0, 0.05) is 12.1 Å². The minimum Gasteiger partial charge on any atom is -0.492 e. The predicted octanol–water partition coefficient (Wildman–Crippen LogP) is 2.92. The SMILES string of the molecule is O=C1COCC2(CCCN3C(=O)C4(CC4)COc4cccc(F)c4[C@H]4CC[C@H](CC4)OCC32)N1. The summed E-state index contributed by atoms with van der Waals surface area (Å²) in [6, 6.07) is 4.75. The van der Waals surface area contributed by atoms with Crippen LogP contribution in [0, 0.1) is 11.2 Å². The van der Waals surface area contributed by atoms with Crippen molar-refractivity contribution in [2.75, 3.05) is 33.0 Å². The van der Waals surface area contributed by atoms with Crippen LogP contribution in [0.5, 0.6) is 5.75 Å². The van der Waals surface area contributed by atoms with E-state index < -0.39 is 11.0 Å². The van der Waals surface area contributed by atoms with Crippen LogP contribution in [0.25, 0.3) is 0 Å². The second-order valence-corrected chi connectivity index (χ2v) is 10.8. The van der Waals surface area contributed by atoms with Crippen LogP contribution in [0.4, 0.5) is 4.39 Å². The fourth-order valence-corrected chi connectivity index (χ4v) is 6.54. The molecule has 34 heavy (non-hydrogen) atoms. The first-order valence-corrected chi connectivity index (χ1v) is 12.7. The van der Waals surface area contributed by atoms with Gasteiger partial charge in [0.15, 0.2) is 0 Å². The summed E-state index contributed by atoms with van der Waals surface area (Å²) in [4.78, 5) is 28.2. The molecule has 7 nitrogen and oxygen atoms in total. The second kappa shape index (κ2) is 8.48. The zero-order chi connectivity index (χ0) is 23.3. The summed E-state index contributed by atoms with van der Waals surface area (Å²) in [5.74, 6) is 0.355. The van der Waals surface area contributed by atoms with Gasteiger partial charge in [-0.05, 0) is 69.4 Å². The largest absolute Gasteiger partial charge is 0.492 e. The van der Waals surface area contributed by atoms with Crippen molar-refractivity contribution in [2.45, 2.75) is 75.0 Å². The number of carbonyl (C=O) groups is 2. The van der Waals surface area contributed by atoms with Crippen LogP contribution in [0.1, 0.15) is 62.8 Å². The number of piperidine rings is 1. The quantitative estimate of drug-likeness (QED) is 0.628. The first-order chi connectivity index (χ1) is 16.5. The summed E-state index contributed by atoms with van der Waals surface area (Å²) in [5, 5.41) is 3.18. The maximum absolute atomic E-state index is 14.9. The van der Waals surface area contributed by atoms with E-state index in [2.05, 4.69) is 5.32 Å². The van der Waals surface area contributed by atoms with Crippen molar-refractivity contribution >= 4 is 11.8 Å². The molecule has 2 bridgehead atoms. The number of morpholine rings is 1. The number of halogens is 1. The molecule has 0 aromatic heterocycles. The van der Waals surface area contributed by atoms with Gasteiger partial charge >= 0.3 is 0 Å². The second-order valence-electron chi connectivity index (χ2n) is 10.8. The lowest BCUT2D eigenvalue weighted by atomic mass is 9.79. The van der Waals surface area contributed by atoms with E-state index >= 15 is 0 Å². The minimum absolute atomic E-state index is 0.0557. The molecule has 8 heteroatoms. The van der Waals surface area contributed by atoms with E-state index in [4.69, 9.17) is 14.2 Å². The normalized spacial score (nSPS) is 35.2. The van der Waals surface area contributed by atoms with E-state index in [1.54, 1.807) is 6.07 Å². The Hall–Kier alpha value is -2.19. The Morgan fingerprint density at radius 2 is 1.88 bits per heavy atom. The van der Waals surface area contributed by atoms with E-state index in [9.17, 15) is 14.0 Å². The standard InChI is InChI=1S/C26H33FN2O5/c27-19-3-1-4-20-23(19)17-5-7-18(8-6-17)33-13-21-26(16-32-14-22(30)28-26)9-2-12-29(21)24(31)25(10-11-25)15-34-20/h1,3-4,17-18,21H,2,5-16H2,(H,28,30)/t17-,18+,21?,26?. The van der Waals surface area contributed by atoms with Crippen LogP contribution in [-0.2, 0) is 19.1 Å². The van der Waals surface area contributed by atoms with Gasteiger partial charge in [-0.1, -0.05) is 6.07 Å². The van der Waals surface area contributed by atoms with Gasteiger partial charge in [-0.2, -0.15) is 0 Å². The number of fused-ring (bicyclic) bond motifs is 4. The zero-order valence-electron chi connectivity index (χ0n) is 19.5. The van der Waals surface area contributed by atoms with Gasteiger partial charge in [0.1, 0.15) is 24.8 Å². The zero-order valence-corrected chi connectivity index (χ0v) is 19.5. The molecule has 4 heterocycles. The highest BCUT2D eigenvalue weighted by Gasteiger charge is 2.57. The number of ether oxygens (including phenoxy) is 3. The number of hydrogen-bond acceptors (Lipinski definition) is 5. The van der Waals surface area contributed by atoms with Gasteiger partial charge in [-0.25, -0.2) is 4.39 Å². The summed E-state index contributed by atoms with van der Waals surface area (Å²) >= 11 is 0. The average molecular weight is 473 g/mol. The predicted molar refractivity (Wildman–Crippen MR) is 121 cm³/mol. The smallest absolute Gasteiger partial charge is 0.246 e. The van der Waals surface area contributed by atoms with E-state index in [1.165, 1.54) is 6.07 Å². The van der Waals surface area contributed by atoms with Crippen LogP contribution < -0.4 is 10.1 Å². The lowest BCUT2D eigenvalue weighted by Gasteiger charge is -2.52. The van der Waals surface area contributed by atoms with Crippen LogP contribution in [-0.4, -0.2) is 67.4 Å². The van der Waals surface area contributed by atoms with E-state index in [1.807, 2.05) is 11.0 Å². The van der Waals surface area contributed by atoms with Crippen molar-refractivity contribution in [3.05, 3.63) is 29.6 Å². The lowest BCUT2D eigenvalue weighted by molar-refractivity contribution is -0.159. The topological polar surface area (TPSA) is 77.1 Å². The Morgan fingerprint density at radius 1 is 1.06 bits per heavy atom. The van der Waals surface area contributed by atoms with Crippen LogP contribution in [0.2, 0.25) is 0 Å². The molecule has 1 aromatic rings. The first kappa shape index (κ1) is 22.3. The summed E-state index contributed by atoms with van der Waals surface area (Å²) in [6.07, 6.45) is 6.46. The summed E-state index contributed by atoms with van der Waals surface area (Å²) < 4.78 is 33.3. The summed E-state index contributed by atoms with van der Waals surface area (Å²) in [6.45, 7) is 1.69. The number of carbonyl (C=O) groups excluding carboxylic acids is 2. The molecule has 2 saturated carbocycles. The molecule has 184 valence electrons. The highest BCUT2D eigenvalue weighted by Crippen LogP contribution is 2.50. The van der Waals surface area contributed by atoms with Gasteiger partial charge in [0.05, 0.1) is 36.3 Å². The van der Waals surface area contributed by atoms with Crippen molar-refractivity contribution in [1.29, 1.82) is 0 Å². The number of nitrogens with one attached hydrogen (secondary N) is 1. The number of nitrogens with zero attached hydrogens (tertiary/aromatic N) is 1. The van der Waals surface area contributed by atoms with Crippen molar-refractivity contribution in [1.82, 2.24) is 10.2 Å². The third-order valence-electron chi connectivity index (χ3n) is 8.67. The Morgan fingerprint density at radius 3 is 2.65 bits per heavy atom. The van der Waals surface area contributed by atoms with E-state index in [0.717, 1.165) is 51.4 Å². The van der Waals surface area contributed by atoms with Crippen molar-refractivity contribution in [3.8, 4) is 5.75 Å². The molecule has 2 aliphatic carbocycles. The fourth-order valence-electron chi connectivity index (χ4n) is 6.54. The Labute approximate surface area is 199 Å². The Bertz CT molecular complexity index is 970. The Kier molecular flexibility index (Phi) is 5.56. The van der Waals surface area contributed by atoms with Crippen molar-refractivity contribution < 1.29 is 28.2 Å². The molecule has 0 radical (unpaired) electrons. The molecular formula is C26H33FN2O5. The molecule has 1 N–H and O–H groups in total. The molecule has 2 spiro atoms. The molecule has 4 aliphatic heterocycles. The van der Waals surface area contributed by atoms with Crippen molar-refractivity contribution in [3.63, 3.8) is 0 Å². The third kappa shape index (κ3) is 3.79. The fraction of sp³-hybridized carbons (Fsp3) is 0.692. The van der Waals surface area contributed by atoms with Crippen molar-refractivity contribution in [2.24, 2.45) is 5.41 Å². The first-order valence-electron chi connectivity index (χ1n) is 12.7. The number of amides is 2. The highest BCUT2D eigenvalue weighted by molar-refractivity contribution is 5.86. The molecule has 6 aliphatic rings. The van der Waals surface area contributed by atoms with Gasteiger partial charge in [0.2, 0.25) is 11.8 Å². The Balaban J connectivity index is 1.35. The summed E-state index contributed by atoms with van der Waals surface area (Å²) in [5.41, 5.74) is -0.564. The van der Waals surface area contributed by atoms with Crippen LogP contribution in [0.3, 0.4) is 0 Å². The number of rotatable bonds is 0. The lowest BCUT2D eigenvalue weighted by Crippen LogP contribution is -2.72. The van der Waals surface area contributed by atoms with E-state index in [0.29, 0.717) is 31.1 Å². The highest BCUT2D eigenvalue weighted by atomic mass is 19.1. The molecule has 4 fully saturated rings. The number of hydrogen-bond donors (Lipinski definition) is 1. The maximum atomic E-state index is 14.9. The van der Waals surface area contributed by atoms with Gasteiger partial charge in [0.25, 0.3) is 0 Å². The molecular weight excluding hydrogens is 439 g/mol. The van der Waals surface area contributed by atoms with Crippen LogP contribution in [0.15, 0.2) is 18.2 Å². The molecule has 2 amide bonds. The third-order valence-corrected chi connectivity index (χ3v) is 8.67.